The zero-order valence-corrected chi connectivity index (χ0v) is 17.9. The van der Waals surface area contributed by atoms with Gasteiger partial charge in [0.1, 0.15) is 0 Å². The van der Waals surface area contributed by atoms with Gasteiger partial charge in [0.05, 0.1) is 5.75 Å². The van der Waals surface area contributed by atoms with Crippen LogP contribution in [0.3, 0.4) is 0 Å². The Hall–Kier alpha value is -2.45. The molecular weight excluding hydrogens is 392 g/mol. The summed E-state index contributed by atoms with van der Waals surface area (Å²) >= 11 is 1.24. The molecule has 0 saturated heterocycles. The maximum atomic E-state index is 12.0. The molecule has 0 aliphatic rings. The summed E-state index contributed by atoms with van der Waals surface area (Å²) in [6, 6.07) is 16.1. The highest BCUT2D eigenvalue weighted by Crippen LogP contribution is 2.28. The van der Waals surface area contributed by atoms with Gasteiger partial charge in [-0.3, -0.25) is 9.36 Å². The topological polar surface area (TPSA) is 77.2 Å². The minimum Gasteiger partial charge on any atom is -0.271 e. The first-order valence-corrected chi connectivity index (χ1v) is 12.0. The Morgan fingerprint density at radius 1 is 1.07 bits per heavy atom. The molecule has 3 rings (SSSR count). The third-order valence-corrected chi connectivity index (χ3v) is 5.41. The maximum Gasteiger partial charge on any atom is 0.264 e. The zero-order valence-electron chi connectivity index (χ0n) is 16.2. The van der Waals surface area contributed by atoms with Gasteiger partial charge in [-0.25, -0.2) is 4.21 Å². The fourth-order valence-electron chi connectivity index (χ4n) is 2.66. The highest BCUT2D eigenvalue weighted by atomic mass is 32.2. The zero-order chi connectivity index (χ0) is 20.3. The minimum absolute atomic E-state index is 0.0521. The molecular formula is C20H22N4O2S2. The van der Waals surface area contributed by atoms with Crippen LogP contribution in [0.1, 0.15) is 11.1 Å². The lowest BCUT2D eigenvalue weighted by molar-refractivity contribution is -0.115. The Kier molecular flexibility index (Phi) is 6.00. The molecule has 0 fully saturated rings. The molecule has 0 unspecified atom stereocenters. The fraction of sp³-hybridized carbons (Fsp3) is 0.250. The number of rotatable bonds is 5. The Morgan fingerprint density at radius 3 is 2.43 bits per heavy atom. The Balaban J connectivity index is 2.02. The second-order valence-electron chi connectivity index (χ2n) is 6.80. The van der Waals surface area contributed by atoms with Crippen molar-refractivity contribution in [1.29, 1.82) is 0 Å². The van der Waals surface area contributed by atoms with Gasteiger partial charge < -0.3 is 0 Å². The number of hydrogen-bond donors (Lipinski definition) is 0. The van der Waals surface area contributed by atoms with E-state index in [1.807, 2.05) is 66.9 Å². The van der Waals surface area contributed by atoms with E-state index in [-0.39, 0.29) is 5.75 Å². The first-order valence-electron chi connectivity index (χ1n) is 8.65. The van der Waals surface area contributed by atoms with Crippen LogP contribution in [0.15, 0.2) is 58.1 Å². The molecule has 8 heteroatoms. The molecule has 1 aromatic heterocycles. The van der Waals surface area contributed by atoms with Crippen LogP contribution < -0.4 is 0 Å². The Bertz CT molecular complexity index is 1120. The summed E-state index contributed by atoms with van der Waals surface area (Å²) in [4.78, 5) is 12.0. The molecule has 146 valence electrons. The number of aryl methyl sites for hydroxylation is 2. The standard InChI is InChI=1S/C20H22N4O2S2/c1-14-8-10-17(11-9-14)24-19(16-7-5-6-15(2)12-16)21-22-20(24)27-13-18(25)23-28(3,4)26/h5-12H,13H2,1-4H3. The quantitative estimate of drug-likeness (QED) is 0.592. The van der Waals surface area contributed by atoms with Gasteiger partial charge in [-0.15, -0.1) is 10.2 Å². The maximum absolute atomic E-state index is 12.0. The van der Waals surface area contributed by atoms with E-state index in [0.717, 1.165) is 22.4 Å². The van der Waals surface area contributed by atoms with E-state index >= 15 is 0 Å². The predicted octanol–water partition coefficient (Wildman–Crippen LogP) is 3.90. The minimum atomic E-state index is -2.47. The second kappa shape index (κ2) is 8.28. The molecule has 0 N–H and O–H groups in total. The van der Waals surface area contributed by atoms with E-state index in [0.29, 0.717) is 11.0 Å². The van der Waals surface area contributed by atoms with Crippen LogP contribution in [0.25, 0.3) is 17.1 Å². The molecule has 0 aliphatic carbocycles. The lowest BCUT2D eigenvalue weighted by Crippen LogP contribution is -2.05. The normalized spacial score (nSPS) is 11.4. The molecule has 6 nitrogen and oxygen atoms in total. The second-order valence-corrected chi connectivity index (χ2v) is 10.3. The molecule has 0 saturated carbocycles. The molecule has 0 aliphatic heterocycles. The average Bonchev–Trinajstić information content (AvgIpc) is 3.03. The van der Waals surface area contributed by atoms with E-state index in [2.05, 4.69) is 14.6 Å². The number of benzene rings is 2. The Labute approximate surface area is 169 Å². The molecule has 0 atom stereocenters. The van der Waals surface area contributed by atoms with Crippen molar-refractivity contribution in [3.63, 3.8) is 0 Å². The van der Waals surface area contributed by atoms with E-state index in [9.17, 15) is 9.00 Å². The van der Waals surface area contributed by atoms with Gasteiger partial charge in [0.25, 0.3) is 5.91 Å². The van der Waals surface area contributed by atoms with Crippen LogP contribution >= 0.6 is 11.8 Å². The van der Waals surface area contributed by atoms with Crippen molar-refractivity contribution in [2.45, 2.75) is 19.0 Å². The van der Waals surface area contributed by atoms with Gasteiger partial charge in [0.2, 0.25) is 0 Å². The summed E-state index contributed by atoms with van der Waals surface area (Å²) in [5, 5.41) is 9.26. The van der Waals surface area contributed by atoms with E-state index in [1.54, 1.807) is 0 Å². The molecule has 0 spiro atoms. The number of aromatic nitrogens is 3. The monoisotopic (exact) mass is 414 g/mol. The van der Waals surface area contributed by atoms with Gasteiger partial charge in [-0.1, -0.05) is 53.2 Å². The van der Waals surface area contributed by atoms with Gasteiger partial charge in [0.15, 0.2) is 11.0 Å². The number of carbonyl (C=O) groups is 1. The first kappa shape index (κ1) is 20.3. The van der Waals surface area contributed by atoms with Crippen molar-refractivity contribution in [1.82, 2.24) is 14.8 Å². The van der Waals surface area contributed by atoms with Crippen LogP contribution in [-0.4, -0.2) is 43.1 Å². The highest BCUT2D eigenvalue weighted by Gasteiger charge is 2.17. The van der Waals surface area contributed by atoms with Gasteiger partial charge in [0, 0.05) is 33.5 Å². The molecule has 0 bridgehead atoms. The van der Waals surface area contributed by atoms with E-state index in [4.69, 9.17) is 0 Å². The van der Waals surface area contributed by atoms with Crippen molar-refractivity contribution in [2.24, 2.45) is 4.36 Å². The van der Waals surface area contributed by atoms with Crippen LogP contribution in [0.5, 0.6) is 0 Å². The van der Waals surface area contributed by atoms with E-state index < -0.39 is 15.6 Å². The number of nitrogens with zero attached hydrogens (tertiary/aromatic N) is 4. The Morgan fingerprint density at radius 2 is 1.79 bits per heavy atom. The van der Waals surface area contributed by atoms with Crippen molar-refractivity contribution in [2.75, 3.05) is 18.3 Å². The molecule has 2 aromatic carbocycles. The van der Waals surface area contributed by atoms with Crippen LogP contribution in [0.4, 0.5) is 0 Å². The number of amides is 1. The SMILES string of the molecule is Cc1ccc(-n2c(SCC(=O)N=S(C)(C)=O)nnc2-c2cccc(C)c2)cc1. The summed E-state index contributed by atoms with van der Waals surface area (Å²) in [6.07, 6.45) is 2.89. The predicted molar refractivity (Wildman–Crippen MR) is 114 cm³/mol. The highest BCUT2D eigenvalue weighted by molar-refractivity contribution is 8.00. The largest absolute Gasteiger partial charge is 0.271 e. The molecule has 1 amide bonds. The molecule has 28 heavy (non-hydrogen) atoms. The third-order valence-electron chi connectivity index (χ3n) is 3.85. The van der Waals surface area contributed by atoms with Crippen LogP contribution in [0, 0.1) is 13.8 Å². The fourth-order valence-corrected chi connectivity index (χ4v) is 4.03. The lowest BCUT2D eigenvalue weighted by atomic mass is 10.1. The van der Waals surface area contributed by atoms with E-state index in [1.165, 1.54) is 24.3 Å². The molecule has 3 aromatic rings. The summed E-state index contributed by atoms with van der Waals surface area (Å²) in [7, 11) is -2.47. The van der Waals surface area contributed by atoms with Gasteiger partial charge in [-0.2, -0.15) is 4.36 Å². The van der Waals surface area contributed by atoms with Crippen LogP contribution in [0.2, 0.25) is 0 Å². The summed E-state index contributed by atoms with van der Waals surface area (Å²) in [6.45, 7) is 4.05. The first-order chi connectivity index (χ1) is 13.2. The molecule has 0 radical (unpaired) electrons. The smallest absolute Gasteiger partial charge is 0.264 e. The summed E-state index contributed by atoms with van der Waals surface area (Å²) in [5.74, 6) is 0.334. The number of hydrogen-bond acceptors (Lipinski definition) is 5. The number of carbonyl (C=O) groups excluding carboxylic acids is 1. The van der Waals surface area contributed by atoms with Crippen molar-refractivity contribution in [3.8, 4) is 17.1 Å². The van der Waals surface area contributed by atoms with Gasteiger partial charge >= 0.3 is 0 Å². The van der Waals surface area contributed by atoms with Crippen LogP contribution in [-0.2, 0) is 14.5 Å². The van der Waals surface area contributed by atoms with Crippen molar-refractivity contribution >= 4 is 27.4 Å². The third kappa shape index (κ3) is 5.08. The summed E-state index contributed by atoms with van der Waals surface area (Å²) < 4.78 is 17.4. The number of thioether (sulfide) groups is 1. The van der Waals surface area contributed by atoms with Crippen molar-refractivity contribution < 1.29 is 9.00 Å². The van der Waals surface area contributed by atoms with Crippen molar-refractivity contribution in [3.05, 3.63) is 59.7 Å². The lowest BCUT2D eigenvalue weighted by Gasteiger charge is -2.11. The average molecular weight is 415 g/mol. The van der Waals surface area contributed by atoms with Gasteiger partial charge in [-0.05, 0) is 32.0 Å². The molecule has 1 heterocycles. The summed E-state index contributed by atoms with van der Waals surface area (Å²) in [5.41, 5.74) is 4.13.